The summed E-state index contributed by atoms with van der Waals surface area (Å²) in [5.41, 5.74) is 0.760. The Morgan fingerprint density at radius 2 is 1.81 bits per heavy atom. The summed E-state index contributed by atoms with van der Waals surface area (Å²) in [5, 5.41) is 0.374. The highest BCUT2D eigenvalue weighted by molar-refractivity contribution is 7.54. The van der Waals surface area contributed by atoms with Crippen LogP contribution in [-0.4, -0.2) is 31.7 Å². The van der Waals surface area contributed by atoms with E-state index in [1.807, 2.05) is 6.92 Å². The van der Waals surface area contributed by atoms with Crippen molar-refractivity contribution in [2.75, 3.05) is 19.8 Å². The number of esters is 1. The number of hydrogen-bond donors (Lipinski definition) is 1. The average Bonchev–Trinajstić information content (AvgIpc) is 3.15. The van der Waals surface area contributed by atoms with Crippen LogP contribution in [0.2, 0.25) is 0 Å². The van der Waals surface area contributed by atoms with E-state index < -0.39 is 30.7 Å². The quantitative estimate of drug-likeness (QED) is 0.235. The summed E-state index contributed by atoms with van der Waals surface area (Å²) in [6.07, 6.45) is 1.09. The number of alkyl halides is 2. The van der Waals surface area contributed by atoms with Gasteiger partial charge in [-0.1, -0.05) is 19.4 Å². The Bertz CT molecular complexity index is 964. The van der Waals surface area contributed by atoms with E-state index in [4.69, 9.17) is 19.5 Å². The van der Waals surface area contributed by atoms with Gasteiger partial charge >= 0.3 is 19.2 Å². The molecule has 7 nitrogen and oxygen atoms in total. The zero-order chi connectivity index (χ0) is 23.1. The minimum Gasteiger partial charge on any atom is -0.466 e. The number of hydrogen-bond acceptors (Lipinski definition) is 7. The molecule has 1 amide bonds. The number of primary amides is 1. The number of ether oxygens (including phenoxy) is 1. The third-order valence-electron chi connectivity index (χ3n) is 4.30. The Morgan fingerprint density at radius 3 is 2.42 bits per heavy atom. The van der Waals surface area contributed by atoms with Crippen LogP contribution in [0.4, 0.5) is 8.78 Å². The fourth-order valence-corrected chi connectivity index (χ4v) is 5.16. The van der Waals surface area contributed by atoms with E-state index >= 15 is 8.78 Å². The first-order valence-corrected chi connectivity index (χ1v) is 12.3. The third-order valence-corrected chi connectivity index (χ3v) is 7.42. The van der Waals surface area contributed by atoms with Crippen molar-refractivity contribution in [2.24, 2.45) is 5.73 Å². The molecule has 2 N–H and O–H groups in total. The van der Waals surface area contributed by atoms with E-state index in [9.17, 15) is 14.2 Å². The molecule has 0 radical (unpaired) electrons. The molecule has 1 aromatic carbocycles. The molecule has 172 valence electrons. The van der Waals surface area contributed by atoms with E-state index in [2.05, 4.69) is 0 Å². The van der Waals surface area contributed by atoms with Gasteiger partial charge < -0.3 is 19.5 Å². The number of benzene rings is 1. The van der Waals surface area contributed by atoms with Crippen LogP contribution >= 0.6 is 18.9 Å². The van der Waals surface area contributed by atoms with Crippen LogP contribution in [0, 0.1) is 0 Å². The highest BCUT2D eigenvalue weighted by atomic mass is 32.1. The number of carbonyl (C=O) groups excluding carboxylic acids is 2. The van der Waals surface area contributed by atoms with Crippen LogP contribution in [0.5, 0.6) is 0 Å². The standard InChI is InChI=1S/C20H26F2NO6PS/c1-3-5-10-28-30(26,29-11-6-7-18(24)27-4-2)20(21,22)15-8-9-16-14(12-15)13-17(31-16)19(23)25/h8-9,12-13H,3-7,10-11H2,1-2H3,(H2,23,25). The third kappa shape index (κ3) is 6.32. The lowest BCUT2D eigenvalue weighted by molar-refractivity contribution is -0.143. The predicted molar refractivity (Wildman–Crippen MR) is 115 cm³/mol. The fraction of sp³-hybridized carbons (Fsp3) is 0.500. The van der Waals surface area contributed by atoms with E-state index in [1.165, 1.54) is 12.1 Å². The van der Waals surface area contributed by atoms with E-state index in [1.54, 1.807) is 6.92 Å². The second-order valence-corrected chi connectivity index (χ2v) is 9.85. The molecule has 31 heavy (non-hydrogen) atoms. The second kappa shape index (κ2) is 11.1. The first kappa shape index (κ1) is 25.4. The van der Waals surface area contributed by atoms with Crippen molar-refractivity contribution in [1.82, 2.24) is 0 Å². The molecule has 0 aliphatic heterocycles. The van der Waals surface area contributed by atoms with Crippen molar-refractivity contribution in [3.05, 3.63) is 34.7 Å². The van der Waals surface area contributed by atoms with Crippen molar-refractivity contribution in [1.29, 1.82) is 0 Å². The number of nitrogens with two attached hydrogens (primary N) is 1. The van der Waals surface area contributed by atoms with Crippen molar-refractivity contribution in [3.8, 4) is 0 Å². The number of rotatable bonds is 13. The summed E-state index contributed by atoms with van der Waals surface area (Å²) in [5.74, 6) is -1.15. The summed E-state index contributed by atoms with van der Waals surface area (Å²) >= 11 is 1.08. The molecular weight excluding hydrogens is 451 g/mol. The summed E-state index contributed by atoms with van der Waals surface area (Å²) in [6.45, 7) is 3.19. The number of amides is 1. The smallest absolute Gasteiger partial charge is 0.404 e. The topological polar surface area (TPSA) is 105 Å². The van der Waals surface area contributed by atoms with E-state index in [-0.39, 0.29) is 37.5 Å². The van der Waals surface area contributed by atoms with Gasteiger partial charge in [-0.25, -0.2) is 0 Å². The van der Waals surface area contributed by atoms with Gasteiger partial charge in [0, 0.05) is 16.7 Å². The second-order valence-electron chi connectivity index (χ2n) is 6.69. The highest BCUT2D eigenvalue weighted by Crippen LogP contribution is 2.67. The Labute approximate surface area is 183 Å². The molecule has 0 spiro atoms. The first-order valence-electron chi connectivity index (χ1n) is 9.91. The molecule has 1 unspecified atom stereocenters. The van der Waals surface area contributed by atoms with Gasteiger partial charge in [-0.15, -0.1) is 11.3 Å². The van der Waals surface area contributed by atoms with Crippen LogP contribution in [-0.2, 0) is 28.8 Å². The van der Waals surface area contributed by atoms with Gasteiger partial charge in [-0.2, -0.15) is 8.78 Å². The molecule has 1 atom stereocenters. The number of unbranched alkanes of at least 4 members (excludes halogenated alkanes) is 1. The van der Waals surface area contributed by atoms with Crippen LogP contribution in [0.3, 0.4) is 0 Å². The van der Waals surface area contributed by atoms with Crippen LogP contribution in [0.15, 0.2) is 24.3 Å². The van der Waals surface area contributed by atoms with Gasteiger partial charge in [0.15, 0.2) is 0 Å². The normalized spacial score (nSPS) is 13.8. The Balaban J connectivity index is 2.25. The van der Waals surface area contributed by atoms with Gasteiger partial charge in [-0.3, -0.25) is 14.2 Å². The maximum absolute atomic E-state index is 15.3. The average molecular weight is 477 g/mol. The molecule has 0 aliphatic rings. The molecule has 0 saturated heterocycles. The van der Waals surface area contributed by atoms with Crippen LogP contribution in [0.1, 0.15) is 54.8 Å². The molecule has 0 aliphatic carbocycles. The fourth-order valence-electron chi connectivity index (χ4n) is 2.67. The largest absolute Gasteiger partial charge is 0.466 e. The van der Waals surface area contributed by atoms with Gasteiger partial charge in [0.1, 0.15) is 0 Å². The number of fused-ring (bicyclic) bond motifs is 1. The molecule has 0 fully saturated rings. The predicted octanol–water partition coefficient (Wildman–Crippen LogP) is 5.42. The Hall–Kier alpha value is -1.87. The zero-order valence-corrected chi connectivity index (χ0v) is 19.1. The molecule has 1 aromatic heterocycles. The summed E-state index contributed by atoms with van der Waals surface area (Å²) in [7, 11) is -4.91. The van der Waals surface area contributed by atoms with Crippen molar-refractivity contribution < 1.29 is 36.7 Å². The Morgan fingerprint density at radius 1 is 1.13 bits per heavy atom. The lowest BCUT2D eigenvalue weighted by Gasteiger charge is -2.27. The van der Waals surface area contributed by atoms with Crippen LogP contribution < -0.4 is 5.73 Å². The number of thiophene rings is 1. The molecule has 2 aromatic rings. The maximum atomic E-state index is 15.3. The first-order chi connectivity index (χ1) is 14.6. The molecule has 2 rings (SSSR count). The zero-order valence-electron chi connectivity index (χ0n) is 17.4. The summed E-state index contributed by atoms with van der Waals surface area (Å²) in [4.78, 5) is 23.0. The highest BCUT2D eigenvalue weighted by Gasteiger charge is 2.55. The van der Waals surface area contributed by atoms with Gasteiger partial charge in [0.25, 0.3) is 5.91 Å². The van der Waals surface area contributed by atoms with Gasteiger partial charge in [0.2, 0.25) is 0 Å². The van der Waals surface area contributed by atoms with E-state index in [0.717, 1.165) is 23.5 Å². The van der Waals surface area contributed by atoms with Gasteiger partial charge in [0.05, 0.1) is 24.7 Å². The molecule has 1 heterocycles. The van der Waals surface area contributed by atoms with E-state index in [0.29, 0.717) is 22.9 Å². The minimum atomic E-state index is -4.91. The molecule has 11 heteroatoms. The number of carbonyl (C=O) groups is 2. The lowest BCUT2D eigenvalue weighted by atomic mass is 10.1. The van der Waals surface area contributed by atoms with Crippen LogP contribution in [0.25, 0.3) is 10.1 Å². The maximum Gasteiger partial charge on any atom is 0.404 e. The molecule has 0 saturated carbocycles. The van der Waals surface area contributed by atoms with Crippen molar-refractivity contribution in [2.45, 2.75) is 45.2 Å². The SMILES string of the molecule is CCCCOP(=O)(OCCCC(=O)OCC)C(F)(F)c1ccc2sc(C(N)=O)cc2c1. The summed E-state index contributed by atoms with van der Waals surface area (Å²) < 4.78 is 59.4. The van der Waals surface area contributed by atoms with Crippen molar-refractivity contribution >= 4 is 40.9 Å². The Kier molecular flexibility index (Phi) is 9.12. The lowest BCUT2D eigenvalue weighted by Crippen LogP contribution is -2.19. The molecule has 0 bridgehead atoms. The number of halogens is 2. The minimum absolute atomic E-state index is 0.0505. The summed E-state index contributed by atoms with van der Waals surface area (Å²) in [6, 6.07) is 5.09. The monoisotopic (exact) mass is 477 g/mol. The van der Waals surface area contributed by atoms with Gasteiger partial charge in [-0.05, 0) is 43.4 Å². The molecular formula is C20H26F2NO6PS. The van der Waals surface area contributed by atoms with Crippen molar-refractivity contribution in [3.63, 3.8) is 0 Å².